The van der Waals surface area contributed by atoms with Gasteiger partial charge in [-0.15, -0.1) is 0 Å². The maximum absolute atomic E-state index is 2.55. The molecule has 1 nitrogen and oxygen atoms in total. The molecule has 13 rings (SSSR count). The van der Waals surface area contributed by atoms with Crippen LogP contribution in [0.15, 0.2) is 285 Å². The van der Waals surface area contributed by atoms with Gasteiger partial charge in [-0.1, -0.05) is 261 Å². The zero-order chi connectivity index (χ0) is 45.8. The van der Waals surface area contributed by atoms with Crippen LogP contribution >= 0.6 is 0 Å². The van der Waals surface area contributed by atoms with Gasteiger partial charge in [-0.2, -0.15) is 0 Å². The fourth-order valence-electron chi connectivity index (χ4n) is 12.1. The van der Waals surface area contributed by atoms with E-state index in [0.717, 1.165) is 22.6 Å². The van der Waals surface area contributed by atoms with Gasteiger partial charge in [-0.25, -0.2) is 0 Å². The van der Waals surface area contributed by atoms with Gasteiger partial charge >= 0.3 is 0 Å². The lowest BCUT2D eigenvalue weighted by atomic mass is 9.67. The molecule has 0 aliphatic heterocycles. The Kier molecular flexibility index (Phi) is 9.70. The topological polar surface area (TPSA) is 3.24 Å². The van der Waals surface area contributed by atoms with E-state index in [1.54, 1.807) is 0 Å². The van der Waals surface area contributed by atoms with Crippen LogP contribution in [-0.4, -0.2) is 0 Å². The summed E-state index contributed by atoms with van der Waals surface area (Å²) in [5.41, 5.74) is 22.0. The highest BCUT2D eigenvalue weighted by molar-refractivity contribution is 5.99. The van der Waals surface area contributed by atoms with Crippen molar-refractivity contribution in [3.8, 4) is 44.5 Å². The Bertz CT molecular complexity index is 3570. The summed E-state index contributed by atoms with van der Waals surface area (Å²) in [6.45, 7) is 0. The largest absolute Gasteiger partial charge is 0.310 e. The first-order valence-corrected chi connectivity index (χ1v) is 24.0. The minimum Gasteiger partial charge on any atom is -0.310 e. The van der Waals surface area contributed by atoms with Gasteiger partial charge in [0.15, 0.2) is 0 Å². The van der Waals surface area contributed by atoms with Crippen molar-refractivity contribution in [3.05, 3.63) is 330 Å². The zero-order valence-corrected chi connectivity index (χ0v) is 38.1. The first kappa shape index (κ1) is 40.5. The van der Waals surface area contributed by atoms with E-state index >= 15 is 0 Å². The van der Waals surface area contributed by atoms with E-state index in [-0.39, 0.29) is 0 Å². The van der Waals surface area contributed by atoms with Crippen LogP contribution in [0.25, 0.3) is 44.5 Å². The van der Waals surface area contributed by atoms with Gasteiger partial charge in [0.25, 0.3) is 0 Å². The van der Waals surface area contributed by atoms with Crippen molar-refractivity contribution in [2.45, 2.75) is 10.8 Å². The number of fused-ring (bicyclic) bond motifs is 6. The first-order chi connectivity index (χ1) is 34.3. The van der Waals surface area contributed by atoms with Crippen LogP contribution in [0, 0.1) is 0 Å². The molecule has 1 heteroatoms. The van der Waals surface area contributed by atoms with Crippen LogP contribution in [0.1, 0.15) is 44.5 Å². The first-order valence-electron chi connectivity index (χ1n) is 24.0. The number of hydrogen-bond donors (Lipinski definition) is 0. The summed E-state index contributed by atoms with van der Waals surface area (Å²) in [6, 6.07) is 106. The Morgan fingerprint density at radius 2 is 0.580 bits per heavy atom. The van der Waals surface area contributed by atoms with E-state index < -0.39 is 10.8 Å². The third kappa shape index (κ3) is 6.10. The molecule has 0 radical (unpaired) electrons. The predicted molar refractivity (Wildman–Crippen MR) is 287 cm³/mol. The molecule has 0 saturated heterocycles. The SMILES string of the molecule is c1ccc(-c2ccccc2-c2ccccc2N(c2ccc(C3(c4ccccc4)c4ccccc4-c4ccccc43)cc2)c2cccc3c2C(c2ccccc2)(c2ccccc2)c2ccccc2-3)cc1. The average molecular weight is 878 g/mol. The number of nitrogens with zero attached hydrogens (tertiary/aromatic N) is 1. The number of hydrogen-bond acceptors (Lipinski definition) is 1. The summed E-state index contributed by atoms with van der Waals surface area (Å²) in [6.07, 6.45) is 0. The molecule has 2 aliphatic carbocycles. The standard InChI is InChI=1S/C68H47N/c1-5-24-48(25-6-1)54-32-13-14-33-55(54)59-37-18-22-42-64(59)69(53-46-44-52(45-47-53)67(49-26-7-2-8-27-49)61-39-19-15-34-56(61)57-35-16-20-40-62(57)67)65-43-23-38-60-58-36-17-21-41-63(58)68(66(60)65,50-28-9-3-10-29-50)51-30-11-4-12-31-51/h1-47H. The summed E-state index contributed by atoms with van der Waals surface area (Å²) < 4.78 is 0. The Morgan fingerprint density at radius 3 is 1.13 bits per heavy atom. The fraction of sp³-hybridized carbons (Fsp3) is 0.0294. The molecule has 0 amide bonds. The molecule has 11 aromatic carbocycles. The summed E-state index contributed by atoms with van der Waals surface area (Å²) in [4.78, 5) is 2.55. The quantitative estimate of drug-likeness (QED) is 0.140. The minimum absolute atomic E-state index is 0.518. The van der Waals surface area contributed by atoms with Gasteiger partial charge < -0.3 is 4.90 Å². The molecule has 0 unspecified atom stereocenters. The van der Waals surface area contributed by atoms with Gasteiger partial charge in [0.1, 0.15) is 0 Å². The summed E-state index contributed by atoms with van der Waals surface area (Å²) in [7, 11) is 0. The zero-order valence-electron chi connectivity index (χ0n) is 38.1. The van der Waals surface area contributed by atoms with Crippen molar-refractivity contribution in [1.29, 1.82) is 0 Å². The van der Waals surface area contributed by atoms with E-state index in [2.05, 4.69) is 290 Å². The third-order valence-corrected chi connectivity index (χ3v) is 14.9. The highest BCUT2D eigenvalue weighted by Gasteiger charge is 2.49. The lowest BCUT2D eigenvalue weighted by Crippen LogP contribution is -2.30. The van der Waals surface area contributed by atoms with Crippen LogP contribution in [-0.2, 0) is 10.8 Å². The van der Waals surface area contributed by atoms with Gasteiger partial charge in [-0.05, 0) is 102 Å². The maximum Gasteiger partial charge on any atom is 0.0734 e. The second-order valence-electron chi connectivity index (χ2n) is 18.2. The molecule has 0 N–H and O–H groups in total. The molecular weight excluding hydrogens is 831 g/mol. The smallest absolute Gasteiger partial charge is 0.0734 e. The molecule has 0 saturated carbocycles. The fourth-order valence-corrected chi connectivity index (χ4v) is 12.1. The molecule has 0 spiro atoms. The summed E-state index contributed by atoms with van der Waals surface area (Å²) in [5, 5.41) is 0. The molecular formula is C68H47N. The Hall–Kier alpha value is -8.78. The Morgan fingerprint density at radius 1 is 0.217 bits per heavy atom. The third-order valence-electron chi connectivity index (χ3n) is 14.9. The van der Waals surface area contributed by atoms with Gasteiger partial charge in [-0.3, -0.25) is 0 Å². The molecule has 0 aromatic heterocycles. The molecule has 11 aromatic rings. The Balaban J connectivity index is 1.11. The van der Waals surface area contributed by atoms with Crippen LogP contribution < -0.4 is 4.90 Å². The number of para-hydroxylation sites is 1. The van der Waals surface area contributed by atoms with Crippen molar-refractivity contribution >= 4 is 17.1 Å². The van der Waals surface area contributed by atoms with Crippen molar-refractivity contribution in [1.82, 2.24) is 0 Å². The second kappa shape index (κ2) is 16.5. The van der Waals surface area contributed by atoms with Crippen LogP contribution in [0.2, 0.25) is 0 Å². The van der Waals surface area contributed by atoms with E-state index in [4.69, 9.17) is 0 Å². The molecule has 324 valence electrons. The number of benzene rings is 11. The molecule has 69 heavy (non-hydrogen) atoms. The van der Waals surface area contributed by atoms with Gasteiger partial charge in [0.05, 0.1) is 22.2 Å². The van der Waals surface area contributed by atoms with Crippen molar-refractivity contribution in [2.24, 2.45) is 0 Å². The lowest BCUT2D eigenvalue weighted by Gasteiger charge is -2.38. The van der Waals surface area contributed by atoms with Crippen molar-refractivity contribution in [3.63, 3.8) is 0 Å². The van der Waals surface area contributed by atoms with Crippen molar-refractivity contribution < 1.29 is 0 Å². The van der Waals surface area contributed by atoms with Crippen LogP contribution in [0.3, 0.4) is 0 Å². The summed E-state index contributed by atoms with van der Waals surface area (Å²) in [5.74, 6) is 0. The number of anilines is 3. The normalized spacial score (nSPS) is 13.4. The van der Waals surface area contributed by atoms with E-state index in [1.165, 1.54) is 83.5 Å². The van der Waals surface area contributed by atoms with E-state index in [1.807, 2.05) is 0 Å². The highest BCUT2D eigenvalue weighted by Crippen LogP contribution is 2.61. The highest BCUT2D eigenvalue weighted by atomic mass is 15.1. The van der Waals surface area contributed by atoms with Crippen molar-refractivity contribution in [2.75, 3.05) is 4.90 Å². The Labute approximate surface area is 404 Å². The predicted octanol–water partition coefficient (Wildman–Crippen LogP) is 17.2. The van der Waals surface area contributed by atoms with E-state index in [0.29, 0.717) is 0 Å². The van der Waals surface area contributed by atoms with Crippen LogP contribution in [0.5, 0.6) is 0 Å². The molecule has 0 heterocycles. The molecule has 0 fully saturated rings. The van der Waals surface area contributed by atoms with Gasteiger partial charge in [0, 0.05) is 16.8 Å². The minimum atomic E-state index is -0.630. The number of rotatable bonds is 9. The lowest BCUT2D eigenvalue weighted by molar-refractivity contribution is 0.766. The second-order valence-corrected chi connectivity index (χ2v) is 18.2. The van der Waals surface area contributed by atoms with Gasteiger partial charge in [0.2, 0.25) is 0 Å². The molecule has 2 aliphatic rings. The molecule has 0 bridgehead atoms. The maximum atomic E-state index is 2.55. The molecule has 0 atom stereocenters. The average Bonchev–Trinajstić information content (AvgIpc) is 3.92. The van der Waals surface area contributed by atoms with E-state index in [9.17, 15) is 0 Å². The monoisotopic (exact) mass is 877 g/mol. The summed E-state index contributed by atoms with van der Waals surface area (Å²) >= 11 is 0. The van der Waals surface area contributed by atoms with Crippen LogP contribution in [0.4, 0.5) is 17.1 Å².